The Balaban J connectivity index is 2.13. The number of nitrogens with zero attached hydrogens (tertiary/aromatic N) is 1. The molecule has 0 unspecified atom stereocenters. The molecule has 132 valence electrons. The van der Waals surface area contributed by atoms with Crippen molar-refractivity contribution in [3.63, 3.8) is 0 Å². The molecule has 4 nitrogen and oxygen atoms in total. The van der Waals surface area contributed by atoms with E-state index in [1.54, 1.807) is 36.2 Å². The van der Waals surface area contributed by atoms with E-state index in [0.717, 1.165) is 24.1 Å². The van der Waals surface area contributed by atoms with Crippen molar-refractivity contribution in [3.05, 3.63) is 64.7 Å². The smallest absolute Gasteiger partial charge is 0.255 e. The van der Waals surface area contributed by atoms with E-state index in [9.17, 15) is 9.59 Å². The Morgan fingerprint density at radius 2 is 1.72 bits per heavy atom. The Morgan fingerprint density at radius 1 is 1.00 bits per heavy atom. The third-order valence-electron chi connectivity index (χ3n) is 4.33. The molecule has 25 heavy (non-hydrogen) atoms. The lowest BCUT2D eigenvalue weighted by molar-refractivity contribution is 0.0793. The van der Waals surface area contributed by atoms with Gasteiger partial charge in [0.1, 0.15) is 0 Å². The molecule has 0 radical (unpaired) electrons. The summed E-state index contributed by atoms with van der Waals surface area (Å²) in [7, 11) is 1.79. The molecule has 0 aliphatic heterocycles. The van der Waals surface area contributed by atoms with Crippen molar-refractivity contribution in [2.45, 2.75) is 33.6 Å². The Hall–Kier alpha value is -2.62. The lowest BCUT2D eigenvalue weighted by Gasteiger charge is -2.17. The van der Waals surface area contributed by atoms with Crippen LogP contribution in [-0.4, -0.2) is 30.3 Å². The monoisotopic (exact) mass is 338 g/mol. The van der Waals surface area contributed by atoms with E-state index >= 15 is 0 Å². The topological polar surface area (TPSA) is 49.4 Å². The first-order chi connectivity index (χ1) is 11.9. The number of rotatable bonds is 6. The Labute approximate surface area is 149 Å². The van der Waals surface area contributed by atoms with Crippen LogP contribution in [0.5, 0.6) is 0 Å². The van der Waals surface area contributed by atoms with Gasteiger partial charge in [0.2, 0.25) is 0 Å². The minimum Gasteiger partial charge on any atom is -0.342 e. The van der Waals surface area contributed by atoms with Gasteiger partial charge in [-0.15, -0.1) is 0 Å². The molecule has 0 aromatic heterocycles. The van der Waals surface area contributed by atoms with Gasteiger partial charge in [0.15, 0.2) is 0 Å². The van der Waals surface area contributed by atoms with Gasteiger partial charge in [-0.2, -0.15) is 0 Å². The van der Waals surface area contributed by atoms with E-state index in [4.69, 9.17) is 0 Å². The molecule has 2 rings (SSSR count). The van der Waals surface area contributed by atoms with Crippen LogP contribution in [0.3, 0.4) is 0 Å². The summed E-state index contributed by atoms with van der Waals surface area (Å²) >= 11 is 0. The van der Waals surface area contributed by atoms with Gasteiger partial charge < -0.3 is 10.2 Å². The fraction of sp³-hybridized carbons (Fsp3) is 0.333. The molecule has 0 saturated heterocycles. The predicted octanol–water partition coefficient (Wildman–Crippen LogP) is 4.43. The Morgan fingerprint density at radius 3 is 2.40 bits per heavy atom. The summed E-state index contributed by atoms with van der Waals surface area (Å²) in [5.74, 6) is -0.275. The first kappa shape index (κ1) is 18.7. The Kier molecular flexibility index (Phi) is 6.34. The zero-order valence-electron chi connectivity index (χ0n) is 15.4. The number of nitrogens with one attached hydrogen (secondary N) is 1. The third-order valence-corrected chi connectivity index (χ3v) is 4.33. The van der Waals surface area contributed by atoms with Crippen LogP contribution in [0.1, 0.15) is 51.6 Å². The van der Waals surface area contributed by atoms with Crippen molar-refractivity contribution in [1.29, 1.82) is 0 Å². The number of hydrogen-bond acceptors (Lipinski definition) is 2. The number of carbonyl (C=O) groups excluding carboxylic acids is 2. The summed E-state index contributed by atoms with van der Waals surface area (Å²) in [6, 6.07) is 12.7. The van der Waals surface area contributed by atoms with Gasteiger partial charge in [-0.1, -0.05) is 25.5 Å². The van der Waals surface area contributed by atoms with Gasteiger partial charge in [-0.25, -0.2) is 0 Å². The average molecular weight is 338 g/mol. The molecule has 0 atom stereocenters. The van der Waals surface area contributed by atoms with Crippen LogP contribution in [0, 0.1) is 13.8 Å². The minimum atomic E-state index is -0.214. The molecule has 1 N–H and O–H groups in total. The van der Waals surface area contributed by atoms with Crippen molar-refractivity contribution in [1.82, 2.24) is 4.90 Å². The number of carbonyl (C=O) groups is 2. The van der Waals surface area contributed by atoms with Crippen molar-refractivity contribution in [2.75, 3.05) is 18.9 Å². The largest absolute Gasteiger partial charge is 0.342 e. The molecule has 0 spiro atoms. The molecule has 0 saturated carbocycles. The first-order valence-corrected chi connectivity index (χ1v) is 8.66. The quantitative estimate of drug-likeness (QED) is 0.847. The van der Waals surface area contributed by atoms with Crippen LogP contribution in [0.15, 0.2) is 42.5 Å². The van der Waals surface area contributed by atoms with E-state index in [2.05, 4.69) is 12.2 Å². The molecule has 2 aromatic rings. The van der Waals surface area contributed by atoms with Crippen molar-refractivity contribution in [2.24, 2.45) is 0 Å². The van der Waals surface area contributed by atoms with Crippen molar-refractivity contribution < 1.29 is 9.59 Å². The second-order valence-corrected chi connectivity index (χ2v) is 6.41. The minimum absolute atomic E-state index is 0.0609. The molecule has 4 heteroatoms. The predicted molar refractivity (Wildman–Crippen MR) is 102 cm³/mol. The highest BCUT2D eigenvalue weighted by molar-refractivity contribution is 6.06. The lowest BCUT2D eigenvalue weighted by atomic mass is 10.1. The average Bonchev–Trinajstić information content (AvgIpc) is 2.62. The van der Waals surface area contributed by atoms with Gasteiger partial charge in [0.05, 0.1) is 0 Å². The van der Waals surface area contributed by atoms with Gasteiger partial charge in [-0.3, -0.25) is 9.59 Å². The van der Waals surface area contributed by atoms with E-state index in [1.807, 2.05) is 32.0 Å². The fourth-order valence-corrected chi connectivity index (χ4v) is 2.53. The van der Waals surface area contributed by atoms with E-state index in [0.29, 0.717) is 17.7 Å². The van der Waals surface area contributed by atoms with Crippen molar-refractivity contribution >= 4 is 17.5 Å². The van der Waals surface area contributed by atoms with Crippen LogP contribution in [0.25, 0.3) is 0 Å². The zero-order chi connectivity index (χ0) is 18.4. The summed E-state index contributed by atoms with van der Waals surface area (Å²) in [4.78, 5) is 26.6. The van der Waals surface area contributed by atoms with Gasteiger partial charge in [0, 0.05) is 30.4 Å². The van der Waals surface area contributed by atoms with Gasteiger partial charge >= 0.3 is 0 Å². The van der Waals surface area contributed by atoms with Crippen LogP contribution < -0.4 is 5.32 Å². The zero-order valence-corrected chi connectivity index (χ0v) is 15.4. The number of aryl methyl sites for hydroxylation is 2. The number of amides is 2. The van der Waals surface area contributed by atoms with E-state index in [-0.39, 0.29) is 11.8 Å². The standard InChI is InChI=1S/C21H26N2O2/c1-5-6-12-23(4)21(25)18-9-7-8-17(14-18)20(24)22-19-11-10-15(2)16(3)13-19/h7-11,13-14H,5-6,12H2,1-4H3,(H,22,24). The molecular formula is C21H26N2O2. The van der Waals surface area contributed by atoms with Crippen LogP contribution in [-0.2, 0) is 0 Å². The fourth-order valence-electron chi connectivity index (χ4n) is 2.53. The summed E-state index contributed by atoms with van der Waals surface area (Å²) in [5.41, 5.74) is 4.07. The molecule has 0 aliphatic carbocycles. The third kappa shape index (κ3) is 4.92. The maximum absolute atomic E-state index is 12.5. The van der Waals surface area contributed by atoms with Crippen LogP contribution in [0.4, 0.5) is 5.69 Å². The molecule has 2 aromatic carbocycles. The van der Waals surface area contributed by atoms with Crippen LogP contribution >= 0.6 is 0 Å². The first-order valence-electron chi connectivity index (χ1n) is 8.66. The number of benzene rings is 2. The molecule has 0 bridgehead atoms. The van der Waals surface area contributed by atoms with E-state index in [1.165, 1.54) is 5.56 Å². The summed E-state index contributed by atoms with van der Waals surface area (Å²) < 4.78 is 0. The molecular weight excluding hydrogens is 312 g/mol. The SMILES string of the molecule is CCCCN(C)C(=O)c1cccc(C(=O)Nc2ccc(C)c(C)c2)c1. The molecule has 0 aliphatic rings. The number of anilines is 1. The summed E-state index contributed by atoms with van der Waals surface area (Å²) in [6.07, 6.45) is 2.01. The summed E-state index contributed by atoms with van der Waals surface area (Å²) in [6.45, 7) is 6.85. The molecule has 0 heterocycles. The maximum Gasteiger partial charge on any atom is 0.255 e. The Bertz CT molecular complexity index is 768. The van der Waals surface area contributed by atoms with E-state index < -0.39 is 0 Å². The van der Waals surface area contributed by atoms with Gasteiger partial charge in [-0.05, 0) is 61.7 Å². The van der Waals surface area contributed by atoms with Crippen LogP contribution in [0.2, 0.25) is 0 Å². The number of hydrogen-bond donors (Lipinski definition) is 1. The molecule has 2 amide bonds. The van der Waals surface area contributed by atoms with Crippen molar-refractivity contribution in [3.8, 4) is 0 Å². The maximum atomic E-state index is 12.5. The lowest BCUT2D eigenvalue weighted by Crippen LogP contribution is -2.28. The highest BCUT2D eigenvalue weighted by atomic mass is 16.2. The normalized spacial score (nSPS) is 10.4. The van der Waals surface area contributed by atoms with Gasteiger partial charge in [0.25, 0.3) is 11.8 Å². The second-order valence-electron chi connectivity index (χ2n) is 6.41. The second kappa shape index (κ2) is 8.47. The highest BCUT2D eigenvalue weighted by Gasteiger charge is 2.14. The highest BCUT2D eigenvalue weighted by Crippen LogP contribution is 2.16. The summed E-state index contributed by atoms with van der Waals surface area (Å²) in [5, 5.41) is 2.89. The molecule has 0 fully saturated rings. The number of unbranched alkanes of at least 4 members (excludes halogenated alkanes) is 1.